The molecule has 0 spiro atoms. The van der Waals surface area contributed by atoms with Gasteiger partial charge < -0.3 is 5.11 Å². The molecule has 0 bridgehead atoms. The van der Waals surface area contributed by atoms with Crippen molar-refractivity contribution >= 4 is 11.3 Å². The summed E-state index contributed by atoms with van der Waals surface area (Å²) in [5, 5.41) is 12.5. The zero-order valence-electron chi connectivity index (χ0n) is 8.90. The van der Waals surface area contributed by atoms with Gasteiger partial charge in [-0.25, -0.2) is 0 Å². The summed E-state index contributed by atoms with van der Waals surface area (Å²) in [6.45, 7) is 3.87. The topological polar surface area (TPSA) is 20.2 Å². The van der Waals surface area contributed by atoms with Gasteiger partial charge in [0.2, 0.25) is 0 Å². The maximum Gasteiger partial charge on any atom is 0.121 e. The van der Waals surface area contributed by atoms with Crippen molar-refractivity contribution < 1.29 is 5.11 Å². The second-order valence-corrected chi connectivity index (χ2v) is 4.81. The van der Waals surface area contributed by atoms with Gasteiger partial charge in [0.15, 0.2) is 0 Å². The maximum absolute atomic E-state index is 10.5. The zero-order valence-corrected chi connectivity index (χ0v) is 9.71. The number of aliphatic hydroxyl groups is 1. The molecule has 1 aromatic heterocycles. The molecule has 1 N–H and O–H groups in total. The molecule has 78 valence electrons. The fourth-order valence-corrected chi connectivity index (χ4v) is 2.61. The van der Waals surface area contributed by atoms with Gasteiger partial charge >= 0.3 is 0 Å². The Kier molecular flexibility index (Phi) is 2.63. The molecule has 0 saturated carbocycles. The molecule has 1 unspecified atom stereocenters. The van der Waals surface area contributed by atoms with Crippen molar-refractivity contribution in [3.8, 4) is 0 Å². The summed E-state index contributed by atoms with van der Waals surface area (Å²) in [4.78, 5) is 0.983. The summed E-state index contributed by atoms with van der Waals surface area (Å²) in [6.07, 6.45) is 0. The van der Waals surface area contributed by atoms with Crippen molar-refractivity contribution in [3.63, 3.8) is 0 Å². The summed E-state index contributed by atoms with van der Waals surface area (Å²) in [7, 11) is 0. The van der Waals surface area contributed by atoms with Gasteiger partial charge in [0.1, 0.15) is 5.60 Å². The van der Waals surface area contributed by atoms with E-state index in [0.29, 0.717) is 0 Å². The second-order valence-electron chi connectivity index (χ2n) is 3.86. The molecule has 0 aliphatic carbocycles. The lowest BCUT2D eigenvalue weighted by molar-refractivity contribution is 0.105. The molecule has 1 atom stereocenters. The van der Waals surface area contributed by atoms with E-state index in [1.165, 1.54) is 0 Å². The largest absolute Gasteiger partial charge is 0.380 e. The van der Waals surface area contributed by atoms with Gasteiger partial charge in [0.25, 0.3) is 0 Å². The van der Waals surface area contributed by atoms with E-state index in [9.17, 15) is 5.11 Å². The van der Waals surface area contributed by atoms with Gasteiger partial charge in [0.05, 0.1) is 0 Å². The molecule has 2 rings (SSSR count). The van der Waals surface area contributed by atoms with Gasteiger partial charge in [-0.1, -0.05) is 30.3 Å². The Balaban J connectivity index is 2.51. The van der Waals surface area contributed by atoms with E-state index in [1.54, 1.807) is 11.3 Å². The molecule has 15 heavy (non-hydrogen) atoms. The Hall–Kier alpha value is -1.12. The lowest BCUT2D eigenvalue weighted by Gasteiger charge is -2.24. The lowest BCUT2D eigenvalue weighted by atomic mass is 9.91. The molecule has 1 aromatic carbocycles. The smallest absolute Gasteiger partial charge is 0.121 e. The van der Waals surface area contributed by atoms with Crippen LogP contribution in [-0.4, -0.2) is 5.11 Å². The summed E-state index contributed by atoms with van der Waals surface area (Å²) in [5.74, 6) is 0. The van der Waals surface area contributed by atoms with E-state index in [4.69, 9.17) is 0 Å². The first-order valence-corrected chi connectivity index (χ1v) is 5.83. The third kappa shape index (κ3) is 1.83. The quantitative estimate of drug-likeness (QED) is 0.820. The molecule has 0 saturated heterocycles. The maximum atomic E-state index is 10.5. The molecule has 0 aliphatic rings. The summed E-state index contributed by atoms with van der Waals surface area (Å²) < 4.78 is 0. The van der Waals surface area contributed by atoms with E-state index in [1.807, 2.05) is 55.6 Å². The minimum Gasteiger partial charge on any atom is -0.380 e. The Labute approximate surface area is 94.0 Å². The third-order valence-electron chi connectivity index (χ3n) is 2.67. The Morgan fingerprint density at radius 2 is 1.87 bits per heavy atom. The fraction of sp³-hybridized carbons (Fsp3) is 0.231. The van der Waals surface area contributed by atoms with Crippen LogP contribution < -0.4 is 0 Å². The molecule has 0 aliphatic heterocycles. The van der Waals surface area contributed by atoms with Crippen LogP contribution in [0, 0.1) is 6.92 Å². The molecule has 1 nitrogen and oxygen atoms in total. The van der Waals surface area contributed by atoms with Crippen LogP contribution in [0.3, 0.4) is 0 Å². The van der Waals surface area contributed by atoms with Gasteiger partial charge in [-0.15, -0.1) is 11.3 Å². The van der Waals surface area contributed by atoms with Gasteiger partial charge in [-0.3, -0.25) is 0 Å². The summed E-state index contributed by atoms with van der Waals surface area (Å²) in [6, 6.07) is 11.9. The summed E-state index contributed by atoms with van der Waals surface area (Å²) >= 11 is 1.58. The van der Waals surface area contributed by atoms with Crippen molar-refractivity contribution in [2.45, 2.75) is 19.4 Å². The average Bonchev–Trinajstić information content (AvgIpc) is 2.71. The first-order chi connectivity index (χ1) is 7.12. The van der Waals surface area contributed by atoms with Crippen molar-refractivity contribution in [1.29, 1.82) is 0 Å². The molecule has 0 amide bonds. The van der Waals surface area contributed by atoms with Crippen LogP contribution in [0.4, 0.5) is 0 Å². The van der Waals surface area contributed by atoms with Crippen molar-refractivity contribution in [3.05, 3.63) is 57.8 Å². The zero-order chi connectivity index (χ0) is 10.9. The second kappa shape index (κ2) is 3.80. The highest BCUT2D eigenvalue weighted by Gasteiger charge is 2.27. The van der Waals surface area contributed by atoms with Crippen LogP contribution in [0.5, 0.6) is 0 Å². The number of benzene rings is 1. The first kappa shape index (κ1) is 10.4. The highest BCUT2D eigenvalue weighted by Crippen LogP contribution is 2.33. The van der Waals surface area contributed by atoms with E-state index < -0.39 is 5.60 Å². The van der Waals surface area contributed by atoms with E-state index in [0.717, 1.165) is 16.0 Å². The molecule has 2 aromatic rings. The Morgan fingerprint density at radius 3 is 2.47 bits per heavy atom. The van der Waals surface area contributed by atoms with Crippen LogP contribution in [0.1, 0.15) is 22.9 Å². The van der Waals surface area contributed by atoms with E-state index >= 15 is 0 Å². The van der Waals surface area contributed by atoms with Gasteiger partial charge in [-0.05, 0) is 36.4 Å². The first-order valence-electron chi connectivity index (χ1n) is 4.95. The van der Waals surface area contributed by atoms with E-state index in [-0.39, 0.29) is 0 Å². The number of hydrogen-bond acceptors (Lipinski definition) is 2. The Morgan fingerprint density at radius 1 is 1.13 bits per heavy atom. The minimum absolute atomic E-state index is 0.875. The number of thiophene rings is 1. The predicted molar refractivity (Wildman–Crippen MR) is 64.2 cm³/mol. The van der Waals surface area contributed by atoms with Gasteiger partial charge in [-0.2, -0.15) is 0 Å². The summed E-state index contributed by atoms with van der Waals surface area (Å²) in [5.41, 5.74) is 1.22. The molecular formula is C13H14OS. The van der Waals surface area contributed by atoms with Crippen molar-refractivity contribution in [2.24, 2.45) is 0 Å². The fourth-order valence-electron chi connectivity index (χ4n) is 1.81. The normalized spacial score (nSPS) is 14.9. The van der Waals surface area contributed by atoms with Crippen LogP contribution >= 0.6 is 11.3 Å². The molecule has 2 heteroatoms. The number of aryl methyl sites for hydroxylation is 1. The number of hydrogen-bond donors (Lipinski definition) is 1. The van der Waals surface area contributed by atoms with Gasteiger partial charge in [0, 0.05) is 4.88 Å². The minimum atomic E-state index is -0.875. The van der Waals surface area contributed by atoms with Crippen molar-refractivity contribution in [1.82, 2.24) is 0 Å². The molecular weight excluding hydrogens is 204 g/mol. The molecule has 1 heterocycles. The molecule has 0 fully saturated rings. The predicted octanol–water partition coefficient (Wildman–Crippen LogP) is 3.31. The van der Waals surface area contributed by atoms with Crippen LogP contribution in [0.15, 0.2) is 41.8 Å². The standard InChI is InChI=1S/C13H14OS/c1-10-6-3-4-7-11(10)13(2,14)12-8-5-9-15-12/h3-9,14H,1-2H3. The van der Waals surface area contributed by atoms with Crippen molar-refractivity contribution in [2.75, 3.05) is 0 Å². The SMILES string of the molecule is Cc1ccccc1C(C)(O)c1cccs1. The highest BCUT2D eigenvalue weighted by atomic mass is 32.1. The van der Waals surface area contributed by atoms with Crippen LogP contribution in [0.25, 0.3) is 0 Å². The number of rotatable bonds is 2. The third-order valence-corrected chi connectivity index (χ3v) is 3.75. The van der Waals surface area contributed by atoms with Crippen LogP contribution in [0.2, 0.25) is 0 Å². The average molecular weight is 218 g/mol. The lowest BCUT2D eigenvalue weighted by Crippen LogP contribution is -2.22. The van der Waals surface area contributed by atoms with Crippen LogP contribution in [-0.2, 0) is 5.60 Å². The highest BCUT2D eigenvalue weighted by molar-refractivity contribution is 7.10. The monoisotopic (exact) mass is 218 g/mol. The molecule has 0 radical (unpaired) electrons. The van der Waals surface area contributed by atoms with E-state index in [2.05, 4.69) is 0 Å². The Bertz CT molecular complexity index is 443.